The number of alkyl halides is 3. The van der Waals surface area contributed by atoms with Gasteiger partial charge < -0.3 is 15.2 Å². The summed E-state index contributed by atoms with van der Waals surface area (Å²) < 4.78 is 45.5. The quantitative estimate of drug-likeness (QED) is 0.620. The Labute approximate surface area is 121 Å². The van der Waals surface area contributed by atoms with Gasteiger partial charge in [0.25, 0.3) is 0 Å². The molecule has 2 N–H and O–H groups in total. The van der Waals surface area contributed by atoms with Crippen molar-refractivity contribution in [2.75, 3.05) is 19.8 Å². The van der Waals surface area contributed by atoms with Crippen molar-refractivity contribution in [2.24, 2.45) is 5.73 Å². The lowest BCUT2D eigenvalue weighted by Crippen LogP contribution is -2.47. The van der Waals surface area contributed by atoms with E-state index in [4.69, 9.17) is 10.5 Å². The summed E-state index contributed by atoms with van der Waals surface area (Å²) in [7, 11) is 0. The second-order valence-corrected chi connectivity index (χ2v) is 4.48. The second-order valence-electron chi connectivity index (χ2n) is 4.48. The first-order valence-corrected chi connectivity index (χ1v) is 6.45. The van der Waals surface area contributed by atoms with E-state index in [0.29, 0.717) is 5.56 Å². The maximum absolute atomic E-state index is 12.0. The van der Waals surface area contributed by atoms with Gasteiger partial charge in [0, 0.05) is 13.0 Å². The van der Waals surface area contributed by atoms with Gasteiger partial charge in [-0.3, -0.25) is 0 Å². The summed E-state index contributed by atoms with van der Waals surface area (Å²) in [6.45, 7) is 0.0852. The van der Waals surface area contributed by atoms with E-state index in [1.54, 1.807) is 37.3 Å². The summed E-state index contributed by atoms with van der Waals surface area (Å²) in [6, 6.07) is 8.37. The van der Waals surface area contributed by atoms with E-state index in [9.17, 15) is 18.0 Å². The van der Waals surface area contributed by atoms with Crippen LogP contribution >= 0.6 is 0 Å². The van der Waals surface area contributed by atoms with E-state index in [1.807, 2.05) is 0 Å². The number of ether oxygens (including phenoxy) is 2. The molecule has 0 aromatic heterocycles. The van der Waals surface area contributed by atoms with Crippen molar-refractivity contribution in [3.63, 3.8) is 0 Å². The summed E-state index contributed by atoms with van der Waals surface area (Å²) in [6.07, 6.45) is -4.51. The average Bonchev–Trinajstić information content (AvgIpc) is 2.43. The lowest BCUT2D eigenvalue weighted by Gasteiger charge is -2.27. The molecule has 0 spiro atoms. The van der Waals surface area contributed by atoms with Crippen molar-refractivity contribution in [3.05, 3.63) is 35.9 Å². The van der Waals surface area contributed by atoms with Gasteiger partial charge in [0.2, 0.25) is 0 Å². The molecule has 1 aromatic rings. The fraction of sp³-hybridized carbons (Fsp3) is 0.500. The smallest absolute Gasteiger partial charge is 0.411 e. The van der Waals surface area contributed by atoms with Crippen molar-refractivity contribution in [1.82, 2.24) is 0 Å². The molecule has 0 fully saturated rings. The minimum atomic E-state index is -4.41. The predicted octanol–water partition coefficient (Wildman–Crippen LogP) is 2.37. The van der Waals surface area contributed by atoms with Crippen molar-refractivity contribution in [3.8, 4) is 0 Å². The molecule has 1 unspecified atom stereocenters. The summed E-state index contributed by atoms with van der Waals surface area (Å²) in [5.41, 5.74) is 5.01. The van der Waals surface area contributed by atoms with Gasteiger partial charge in [0.05, 0.1) is 6.61 Å². The van der Waals surface area contributed by atoms with E-state index in [-0.39, 0.29) is 19.6 Å². The van der Waals surface area contributed by atoms with E-state index < -0.39 is 24.3 Å². The topological polar surface area (TPSA) is 61.5 Å². The van der Waals surface area contributed by atoms with Crippen LogP contribution in [0.2, 0.25) is 0 Å². The Morgan fingerprint density at radius 2 is 1.86 bits per heavy atom. The molecule has 21 heavy (non-hydrogen) atoms. The van der Waals surface area contributed by atoms with Crippen LogP contribution in [-0.2, 0) is 19.8 Å². The Morgan fingerprint density at radius 3 is 2.38 bits per heavy atom. The minimum Gasteiger partial charge on any atom is -0.464 e. The monoisotopic (exact) mass is 305 g/mol. The highest BCUT2D eigenvalue weighted by Crippen LogP contribution is 2.24. The van der Waals surface area contributed by atoms with Crippen LogP contribution in [0.5, 0.6) is 0 Å². The van der Waals surface area contributed by atoms with Gasteiger partial charge in [-0.05, 0) is 12.5 Å². The maximum Gasteiger partial charge on any atom is 0.411 e. The number of nitrogens with two attached hydrogens (primary N) is 1. The lowest BCUT2D eigenvalue weighted by molar-refractivity contribution is -0.175. The largest absolute Gasteiger partial charge is 0.464 e. The number of hydrogen-bond acceptors (Lipinski definition) is 4. The number of rotatable bonds is 7. The highest BCUT2D eigenvalue weighted by molar-refractivity contribution is 5.82. The third kappa shape index (κ3) is 5.35. The van der Waals surface area contributed by atoms with Gasteiger partial charge in [-0.2, -0.15) is 13.2 Å². The molecule has 1 atom stereocenters. The standard InChI is InChI=1S/C14H18F3NO3/c1-2-21-12(19)13(18,11-6-4-3-5-7-11)8-9-20-10-14(15,16)17/h3-7H,2,8-10,18H2,1H3. The molecule has 118 valence electrons. The summed E-state index contributed by atoms with van der Waals surface area (Å²) in [4.78, 5) is 12.0. The van der Waals surface area contributed by atoms with Crippen LogP contribution in [0.4, 0.5) is 13.2 Å². The number of carbonyl (C=O) groups excluding carboxylic acids is 1. The predicted molar refractivity (Wildman–Crippen MR) is 70.4 cm³/mol. The Kier molecular flexibility index (Phi) is 6.17. The van der Waals surface area contributed by atoms with Gasteiger partial charge >= 0.3 is 12.1 Å². The zero-order valence-electron chi connectivity index (χ0n) is 11.7. The minimum absolute atomic E-state index is 0.105. The van der Waals surface area contributed by atoms with Gasteiger partial charge in [-0.1, -0.05) is 30.3 Å². The van der Waals surface area contributed by atoms with Crippen molar-refractivity contribution < 1.29 is 27.4 Å². The van der Waals surface area contributed by atoms with Crippen LogP contribution in [0.25, 0.3) is 0 Å². The molecule has 0 bridgehead atoms. The van der Waals surface area contributed by atoms with Gasteiger partial charge in [0.15, 0.2) is 0 Å². The first kappa shape index (κ1) is 17.5. The molecule has 0 saturated heterocycles. The number of carbonyl (C=O) groups is 1. The number of benzene rings is 1. The highest BCUT2D eigenvalue weighted by atomic mass is 19.4. The van der Waals surface area contributed by atoms with Gasteiger partial charge in [-0.25, -0.2) is 4.79 Å². The molecule has 0 heterocycles. The molecule has 0 aliphatic rings. The molecule has 0 aliphatic heterocycles. The van der Waals surface area contributed by atoms with Crippen LogP contribution in [0.1, 0.15) is 18.9 Å². The highest BCUT2D eigenvalue weighted by Gasteiger charge is 2.37. The van der Waals surface area contributed by atoms with E-state index in [2.05, 4.69) is 4.74 Å². The Morgan fingerprint density at radius 1 is 1.24 bits per heavy atom. The average molecular weight is 305 g/mol. The first-order chi connectivity index (χ1) is 9.79. The molecular formula is C14H18F3NO3. The Hall–Kier alpha value is -1.60. The van der Waals surface area contributed by atoms with E-state index in [1.165, 1.54) is 0 Å². The molecule has 0 amide bonds. The molecule has 0 saturated carbocycles. The summed E-state index contributed by atoms with van der Waals surface area (Å²) in [5.74, 6) is -0.688. The number of hydrogen-bond donors (Lipinski definition) is 1. The molecule has 0 aliphatic carbocycles. The SMILES string of the molecule is CCOC(=O)C(N)(CCOCC(F)(F)F)c1ccccc1. The maximum atomic E-state index is 12.0. The molecule has 1 aromatic carbocycles. The third-order valence-corrected chi connectivity index (χ3v) is 2.84. The van der Waals surface area contributed by atoms with Crippen LogP contribution in [0.15, 0.2) is 30.3 Å². The first-order valence-electron chi connectivity index (χ1n) is 6.45. The fourth-order valence-electron chi connectivity index (χ4n) is 1.78. The Bertz CT molecular complexity index is 451. The molecule has 7 heteroatoms. The van der Waals surface area contributed by atoms with Crippen LogP contribution < -0.4 is 5.73 Å². The summed E-state index contributed by atoms with van der Waals surface area (Å²) >= 11 is 0. The van der Waals surface area contributed by atoms with Crippen LogP contribution in [-0.4, -0.2) is 32.0 Å². The molecule has 4 nitrogen and oxygen atoms in total. The van der Waals surface area contributed by atoms with Crippen molar-refractivity contribution in [1.29, 1.82) is 0 Å². The zero-order valence-corrected chi connectivity index (χ0v) is 11.7. The van der Waals surface area contributed by atoms with Gasteiger partial charge in [-0.15, -0.1) is 0 Å². The van der Waals surface area contributed by atoms with Crippen LogP contribution in [0.3, 0.4) is 0 Å². The second kappa shape index (κ2) is 7.42. The lowest BCUT2D eigenvalue weighted by atomic mass is 9.88. The molecular weight excluding hydrogens is 287 g/mol. The van der Waals surface area contributed by atoms with E-state index >= 15 is 0 Å². The number of esters is 1. The fourth-order valence-corrected chi connectivity index (χ4v) is 1.78. The van der Waals surface area contributed by atoms with Gasteiger partial charge in [0.1, 0.15) is 12.1 Å². The van der Waals surface area contributed by atoms with Crippen molar-refractivity contribution >= 4 is 5.97 Å². The third-order valence-electron chi connectivity index (χ3n) is 2.84. The van der Waals surface area contributed by atoms with E-state index in [0.717, 1.165) is 0 Å². The molecule has 0 radical (unpaired) electrons. The number of halogens is 3. The van der Waals surface area contributed by atoms with Crippen molar-refractivity contribution in [2.45, 2.75) is 25.1 Å². The zero-order chi connectivity index (χ0) is 15.9. The normalized spacial score (nSPS) is 14.5. The summed E-state index contributed by atoms with van der Waals surface area (Å²) in [5, 5.41) is 0. The molecule has 1 rings (SSSR count). The van der Waals surface area contributed by atoms with Crippen LogP contribution in [0, 0.1) is 0 Å². The Balaban J connectivity index is 2.76.